The molecule has 1 rings (SSSR count). The topological polar surface area (TPSA) is 82.1 Å². The Morgan fingerprint density at radius 3 is 2.38 bits per heavy atom. The minimum atomic E-state index is -0.775. The van der Waals surface area contributed by atoms with Crippen LogP contribution in [0.4, 0.5) is 4.79 Å². The van der Waals surface area contributed by atoms with E-state index in [0.717, 1.165) is 5.56 Å². The molecule has 130 valence electrons. The standard InChI is InChI=1S/C17H21NO6/c1-22-16(20)12-15(19)18(13-14-8-4-3-5-9-14)10-6-7-11-24-17(21)23-2/h3-9H,10-13H2,1-2H3/b7-6+. The first-order valence-corrected chi connectivity index (χ1v) is 7.31. The first-order chi connectivity index (χ1) is 11.6. The van der Waals surface area contributed by atoms with Crippen LogP contribution in [0.5, 0.6) is 0 Å². The van der Waals surface area contributed by atoms with Crippen molar-refractivity contribution < 1.29 is 28.6 Å². The number of hydrogen-bond acceptors (Lipinski definition) is 6. The van der Waals surface area contributed by atoms with Crippen LogP contribution in [0.25, 0.3) is 0 Å². The lowest BCUT2D eigenvalue weighted by Crippen LogP contribution is -2.32. The number of rotatable bonds is 8. The van der Waals surface area contributed by atoms with E-state index in [9.17, 15) is 14.4 Å². The fourth-order valence-electron chi connectivity index (χ4n) is 1.81. The summed E-state index contributed by atoms with van der Waals surface area (Å²) in [6, 6.07) is 9.41. The summed E-state index contributed by atoms with van der Waals surface area (Å²) in [5, 5.41) is 0. The Labute approximate surface area is 140 Å². The summed E-state index contributed by atoms with van der Waals surface area (Å²) >= 11 is 0. The number of carbonyl (C=O) groups excluding carboxylic acids is 3. The minimum Gasteiger partial charge on any atom is -0.469 e. The van der Waals surface area contributed by atoms with Crippen molar-refractivity contribution in [3.8, 4) is 0 Å². The van der Waals surface area contributed by atoms with Gasteiger partial charge >= 0.3 is 12.1 Å². The zero-order valence-corrected chi connectivity index (χ0v) is 13.8. The van der Waals surface area contributed by atoms with Gasteiger partial charge in [-0.2, -0.15) is 0 Å². The van der Waals surface area contributed by atoms with E-state index in [0.29, 0.717) is 6.54 Å². The van der Waals surface area contributed by atoms with Crippen molar-refractivity contribution in [1.82, 2.24) is 4.90 Å². The van der Waals surface area contributed by atoms with Crippen LogP contribution in [0.15, 0.2) is 42.5 Å². The number of benzene rings is 1. The Morgan fingerprint density at radius 1 is 1.04 bits per heavy atom. The van der Waals surface area contributed by atoms with Crippen LogP contribution in [0.3, 0.4) is 0 Å². The second-order valence-electron chi connectivity index (χ2n) is 4.75. The number of carbonyl (C=O) groups is 3. The number of nitrogens with zero attached hydrogens (tertiary/aromatic N) is 1. The molecule has 1 aromatic rings. The maximum atomic E-state index is 12.2. The molecule has 0 heterocycles. The van der Waals surface area contributed by atoms with Crippen molar-refractivity contribution in [3.05, 3.63) is 48.0 Å². The lowest BCUT2D eigenvalue weighted by molar-refractivity contribution is -0.146. The Kier molecular flexibility index (Phi) is 8.67. The first kappa shape index (κ1) is 19.2. The molecule has 7 nitrogen and oxygen atoms in total. The molecule has 0 saturated heterocycles. The maximum Gasteiger partial charge on any atom is 0.508 e. The van der Waals surface area contributed by atoms with Crippen molar-refractivity contribution >= 4 is 18.0 Å². The summed E-state index contributed by atoms with van der Waals surface area (Å²) in [5.41, 5.74) is 0.940. The van der Waals surface area contributed by atoms with Crippen molar-refractivity contribution in [3.63, 3.8) is 0 Å². The summed E-state index contributed by atoms with van der Waals surface area (Å²) in [6.45, 7) is 0.672. The lowest BCUT2D eigenvalue weighted by Gasteiger charge is -2.21. The number of ether oxygens (including phenoxy) is 3. The van der Waals surface area contributed by atoms with Gasteiger partial charge in [0, 0.05) is 13.1 Å². The van der Waals surface area contributed by atoms with Crippen LogP contribution >= 0.6 is 0 Å². The highest BCUT2D eigenvalue weighted by Gasteiger charge is 2.17. The highest BCUT2D eigenvalue weighted by atomic mass is 16.7. The SMILES string of the molecule is COC(=O)CC(=O)N(C/C=C/COC(=O)OC)Cc1ccccc1. The van der Waals surface area contributed by atoms with E-state index in [1.165, 1.54) is 19.1 Å². The van der Waals surface area contributed by atoms with E-state index >= 15 is 0 Å². The predicted molar refractivity (Wildman–Crippen MR) is 86.0 cm³/mol. The highest BCUT2D eigenvalue weighted by Crippen LogP contribution is 2.07. The quantitative estimate of drug-likeness (QED) is 0.410. The molecular formula is C17H21NO6. The van der Waals surface area contributed by atoms with Crippen molar-refractivity contribution in [2.75, 3.05) is 27.4 Å². The van der Waals surface area contributed by atoms with Gasteiger partial charge in [0.2, 0.25) is 5.91 Å². The molecule has 0 saturated carbocycles. The van der Waals surface area contributed by atoms with Crippen LogP contribution in [0.2, 0.25) is 0 Å². The van der Waals surface area contributed by atoms with Gasteiger partial charge in [-0.25, -0.2) is 4.79 Å². The van der Waals surface area contributed by atoms with E-state index in [2.05, 4.69) is 9.47 Å². The van der Waals surface area contributed by atoms with Crippen LogP contribution in [-0.2, 0) is 30.3 Å². The van der Waals surface area contributed by atoms with E-state index in [1.54, 1.807) is 12.2 Å². The van der Waals surface area contributed by atoms with Gasteiger partial charge in [-0.15, -0.1) is 0 Å². The van der Waals surface area contributed by atoms with Gasteiger partial charge in [0.1, 0.15) is 13.0 Å². The van der Waals surface area contributed by atoms with Gasteiger partial charge in [-0.1, -0.05) is 36.4 Å². The fourth-order valence-corrected chi connectivity index (χ4v) is 1.81. The summed E-state index contributed by atoms with van der Waals surface area (Å²) in [6.07, 6.45) is 2.18. The molecule has 0 radical (unpaired) electrons. The van der Waals surface area contributed by atoms with Crippen LogP contribution in [0.1, 0.15) is 12.0 Å². The molecule has 1 amide bonds. The Balaban J connectivity index is 2.63. The molecule has 24 heavy (non-hydrogen) atoms. The zero-order valence-electron chi connectivity index (χ0n) is 13.8. The van der Waals surface area contributed by atoms with Crippen molar-refractivity contribution in [2.45, 2.75) is 13.0 Å². The third-order valence-electron chi connectivity index (χ3n) is 3.05. The maximum absolute atomic E-state index is 12.2. The summed E-state index contributed by atoms with van der Waals surface area (Å²) in [4.78, 5) is 35.9. The largest absolute Gasteiger partial charge is 0.508 e. The Bertz CT molecular complexity index is 570. The van der Waals surface area contributed by atoms with Gasteiger partial charge in [-0.3, -0.25) is 9.59 Å². The number of amides is 1. The second-order valence-corrected chi connectivity index (χ2v) is 4.75. The number of esters is 1. The molecular weight excluding hydrogens is 314 g/mol. The van der Waals surface area contributed by atoms with Crippen LogP contribution in [-0.4, -0.2) is 50.3 Å². The smallest absolute Gasteiger partial charge is 0.469 e. The molecule has 0 unspecified atom stereocenters. The van der Waals surface area contributed by atoms with Gasteiger partial charge in [0.05, 0.1) is 14.2 Å². The Morgan fingerprint density at radius 2 is 1.75 bits per heavy atom. The monoisotopic (exact) mass is 335 g/mol. The highest BCUT2D eigenvalue weighted by molar-refractivity contribution is 5.94. The second kappa shape index (κ2) is 10.8. The van der Waals surface area contributed by atoms with Crippen LogP contribution < -0.4 is 0 Å². The van der Waals surface area contributed by atoms with Crippen molar-refractivity contribution in [2.24, 2.45) is 0 Å². The average Bonchev–Trinajstić information content (AvgIpc) is 2.60. The molecule has 0 bridgehead atoms. The molecule has 0 atom stereocenters. The molecule has 0 aliphatic heterocycles. The number of methoxy groups -OCH3 is 2. The van der Waals surface area contributed by atoms with Gasteiger partial charge < -0.3 is 19.1 Å². The summed E-state index contributed by atoms with van der Waals surface area (Å²) in [7, 11) is 2.46. The summed E-state index contributed by atoms with van der Waals surface area (Å²) in [5.74, 6) is -0.930. The third-order valence-corrected chi connectivity index (χ3v) is 3.05. The molecule has 0 fully saturated rings. The van der Waals surface area contributed by atoms with E-state index in [4.69, 9.17) is 4.74 Å². The molecule has 0 aliphatic carbocycles. The van der Waals surface area contributed by atoms with E-state index in [-0.39, 0.29) is 25.5 Å². The Hall–Kier alpha value is -2.83. The summed E-state index contributed by atoms with van der Waals surface area (Å²) < 4.78 is 13.6. The molecule has 0 spiro atoms. The van der Waals surface area contributed by atoms with Gasteiger partial charge in [-0.05, 0) is 11.6 Å². The van der Waals surface area contributed by atoms with Gasteiger partial charge in [0.15, 0.2) is 0 Å². The molecule has 0 N–H and O–H groups in total. The molecule has 1 aromatic carbocycles. The fraction of sp³-hybridized carbons (Fsp3) is 0.353. The zero-order chi connectivity index (χ0) is 17.8. The molecule has 7 heteroatoms. The predicted octanol–water partition coefficient (Wildman–Crippen LogP) is 1.92. The van der Waals surface area contributed by atoms with Crippen LogP contribution in [0, 0.1) is 0 Å². The van der Waals surface area contributed by atoms with E-state index < -0.39 is 12.1 Å². The normalized spacial score (nSPS) is 10.2. The average molecular weight is 335 g/mol. The molecule has 0 aliphatic rings. The molecule has 0 aromatic heterocycles. The van der Waals surface area contributed by atoms with E-state index in [1.807, 2.05) is 30.3 Å². The van der Waals surface area contributed by atoms with Crippen molar-refractivity contribution in [1.29, 1.82) is 0 Å². The lowest BCUT2D eigenvalue weighted by atomic mass is 10.2. The number of hydrogen-bond donors (Lipinski definition) is 0. The minimum absolute atomic E-state index is 0.0387. The first-order valence-electron chi connectivity index (χ1n) is 7.31. The van der Waals surface area contributed by atoms with Gasteiger partial charge in [0.25, 0.3) is 0 Å². The third kappa shape index (κ3) is 7.44.